The number of nitrogens with two attached hydrogens (primary N) is 1. The van der Waals surface area contributed by atoms with Crippen molar-refractivity contribution < 1.29 is 5.11 Å². The molecule has 0 saturated carbocycles. The van der Waals surface area contributed by atoms with Crippen LogP contribution in [-0.2, 0) is 6.54 Å². The highest BCUT2D eigenvalue weighted by Gasteiger charge is 2.36. The predicted molar refractivity (Wildman–Crippen MR) is 88.4 cm³/mol. The lowest BCUT2D eigenvalue weighted by molar-refractivity contribution is 0.0165. The van der Waals surface area contributed by atoms with E-state index in [1.807, 2.05) is 6.07 Å². The van der Waals surface area contributed by atoms with Crippen LogP contribution < -0.4 is 5.73 Å². The first-order chi connectivity index (χ1) is 10.7. The van der Waals surface area contributed by atoms with Gasteiger partial charge >= 0.3 is 0 Å². The Morgan fingerprint density at radius 3 is 2.50 bits per heavy atom. The fourth-order valence-electron chi connectivity index (χ4n) is 3.79. The Kier molecular flexibility index (Phi) is 4.96. The van der Waals surface area contributed by atoms with Gasteiger partial charge in [0.1, 0.15) is 5.82 Å². The molecule has 3 N–H and O–H groups in total. The zero-order valence-electron chi connectivity index (χ0n) is 13.4. The monoisotopic (exact) mass is 304 g/mol. The largest absolute Gasteiger partial charge is 0.396 e. The lowest BCUT2D eigenvalue weighted by Crippen LogP contribution is -2.47. The summed E-state index contributed by atoms with van der Waals surface area (Å²) < 4.78 is 0. The van der Waals surface area contributed by atoms with Gasteiger partial charge in [0.2, 0.25) is 0 Å². The Bertz CT molecular complexity index is 479. The summed E-state index contributed by atoms with van der Waals surface area (Å²) in [6.45, 7) is 6.71. The van der Waals surface area contributed by atoms with Gasteiger partial charge in [-0.05, 0) is 57.9 Å². The number of likely N-dealkylation sites (tertiary alicyclic amines) is 2. The van der Waals surface area contributed by atoms with Crippen LogP contribution in [0.15, 0.2) is 18.3 Å². The molecule has 2 fully saturated rings. The molecule has 2 aliphatic rings. The molecule has 0 amide bonds. The van der Waals surface area contributed by atoms with Gasteiger partial charge in [0, 0.05) is 30.3 Å². The van der Waals surface area contributed by atoms with Crippen LogP contribution in [0, 0.1) is 5.41 Å². The molecule has 1 aromatic rings. The molecule has 0 spiro atoms. The molecule has 5 nitrogen and oxygen atoms in total. The van der Waals surface area contributed by atoms with E-state index in [4.69, 9.17) is 5.73 Å². The molecule has 0 radical (unpaired) electrons. The van der Waals surface area contributed by atoms with Crippen LogP contribution in [0.4, 0.5) is 5.82 Å². The third-order valence-electron chi connectivity index (χ3n) is 5.33. The Morgan fingerprint density at radius 1 is 1.14 bits per heavy atom. The molecule has 2 aliphatic heterocycles. The number of nitrogens with zero attached hydrogens (tertiary/aromatic N) is 3. The highest BCUT2D eigenvalue weighted by molar-refractivity contribution is 5.38. The predicted octanol–water partition coefficient (Wildman–Crippen LogP) is 1.33. The van der Waals surface area contributed by atoms with Crippen molar-refractivity contribution in [2.24, 2.45) is 5.41 Å². The van der Waals surface area contributed by atoms with Gasteiger partial charge in [0.25, 0.3) is 0 Å². The maximum atomic E-state index is 9.95. The van der Waals surface area contributed by atoms with Gasteiger partial charge in [0.05, 0.1) is 6.61 Å². The summed E-state index contributed by atoms with van der Waals surface area (Å²) in [6.07, 6.45) is 6.50. The van der Waals surface area contributed by atoms with E-state index in [-0.39, 0.29) is 5.41 Å². The van der Waals surface area contributed by atoms with Crippen molar-refractivity contribution in [2.45, 2.75) is 32.2 Å². The zero-order valence-corrected chi connectivity index (χ0v) is 13.4. The van der Waals surface area contributed by atoms with E-state index in [1.165, 1.54) is 25.9 Å². The molecular formula is C17H28N4O. The zero-order chi connectivity index (χ0) is 15.4. The smallest absolute Gasteiger partial charge is 0.127 e. The van der Waals surface area contributed by atoms with Gasteiger partial charge in [-0.2, -0.15) is 0 Å². The fourth-order valence-corrected chi connectivity index (χ4v) is 3.79. The van der Waals surface area contributed by atoms with Crippen molar-refractivity contribution in [1.29, 1.82) is 0 Å². The molecule has 2 saturated heterocycles. The summed E-state index contributed by atoms with van der Waals surface area (Å²) in [5.41, 5.74) is 7.15. The van der Waals surface area contributed by atoms with Crippen molar-refractivity contribution in [1.82, 2.24) is 14.8 Å². The molecule has 0 aliphatic carbocycles. The number of hydrogen-bond donors (Lipinski definition) is 2. The molecule has 3 rings (SSSR count). The second-order valence-corrected chi connectivity index (χ2v) is 6.97. The topological polar surface area (TPSA) is 65.6 Å². The minimum Gasteiger partial charge on any atom is -0.396 e. The number of hydrogen-bond acceptors (Lipinski definition) is 5. The first-order valence-electron chi connectivity index (χ1n) is 8.46. The van der Waals surface area contributed by atoms with Crippen LogP contribution in [0.3, 0.4) is 0 Å². The summed E-state index contributed by atoms with van der Waals surface area (Å²) in [4.78, 5) is 9.13. The van der Waals surface area contributed by atoms with E-state index in [0.717, 1.165) is 44.6 Å². The summed E-state index contributed by atoms with van der Waals surface area (Å²) in [5.74, 6) is 0.638. The SMILES string of the molecule is Nc1ncccc1CN1CCC(CO)(CN2CCCC2)CC1. The number of pyridine rings is 1. The van der Waals surface area contributed by atoms with Crippen LogP contribution in [-0.4, -0.2) is 59.2 Å². The Morgan fingerprint density at radius 2 is 1.86 bits per heavy atom. The van der Waals surface area contributed by atoms with Crippen molar-refractivity contribution in [3.05, 3.63) is 23.9 Å². The second-order valence-electron chi connectivity index (χ2n) is 6.97. The normalized spacial score (nSPS) is 23.0. The van der Waals surface area contributed by atoms with Crippen molar-refractivity contribution >= 4 is 5.82 Å². The molecule has 5 heteroatoms. The van der Waals surface area contributed by atoms with Crippen molar-refractivity contribution in [2.75, 3.05) is 45.1 Å². The van der Waals surface area contributed by atoms with Crippen LogP contribution in [0.2, 0.25) is 0 Å². The summed E-state index contributed by atoms with van der Waals surface area (Å²) in [7, 11) is 0. The number of anilines is 1. The number of rotatable bonds is 5. The number of aliphatic hydroxyl groups excluding tert-OH is 1. The Labute approximate surface area is 133 Å². The second kappa shape index (κ2) is 6.94. The van der Waals surface area contributed by atoms with Gasteiger partial charge in [0.15, 0.2) is 0 Å². The molecule has 3 heterocycles. The quantitative estimate of drug-likeness (QED) is 0.859. The third kappa shape index (κ3) is 3.59. The molecule has 0 unspecified atom stereocenters. The summed E-state index contributed by atoms with van der Waals surface area (Å²) in [5, 5.41) is 9.95. The van der Waals surface area contributed by atoms with E-state index >= 15 is 0 Å². The van der Waals surface area contributed by atoms with Crippen LogP contribution in [0.25, 0.3) is 0 Å². The fraction of sp³-hybridized carbons (Fsp3) is 0.706. The van der Waals surface area contributed by atoms with Crippen LogP contribution in [0.1, 0.15) is 31.2 Å². The minimum absolute atomic E-state index is 0.0985. The van der Waals surface area contributed by atoms with E-state index in [9.17, 15) is 5.11 Å². The number of aliphatic hydroxyl groups is 1. The lowest BCUT2D eigenvalue weighted by Gasteiger charge is -2.42. The Balaban J connectivity index is 1.55. The van der Waals surface area contributed by atoms with Crippen LogP contribution in [0.5, 0.6) is 0 Å². The third-order valence-corrected chi connectivity index (χ3v) is 5.33. The molecule has 0 atom stereocenters. The molecule has 0 aromatic carbocycles. The van der Waals surface area contributed by atoms with Crippen molar-refractivity contribution in [3.8, 4) is 0 Å². The average Bonchev–Trinajstić information content (AvgIpc) is 3.04. The minimum atomic E-state index is 0.0985. The van der Waals surface area contributed by atoms with Gasteiger partial charge in [-0.25, -0.2) is 4.98 Å². The van der Waals surface area contributed by atoms with Crippen LogP contribution >= 0.6 is 0 Å². The van der Waals surface area contributed by atoms with Gasteiger partial charge in [-0.15, -0.1) is 0 Å². The van der Waals surface area contributed by atoms with Crippen molar-refractivity contribution in [3.63, 3.8) is 0 Å². The number of nitrogen functional groups attached to an aromatic ring is 1. The maximum absolute atomic E-state index is 9.95. The molecule has 0 bridgehead atoms. The molecular weight excluding hydrogens is 276 g/mol. The molecule has 1 aromatic heterocycles. The Hall–Kier alpha value is -1.17. The van der Waals surface area contributed by atoms with E-state index < -0.39 is 0 Å². The van der Waals surface area contributed by atoms with Gasteiger partial charge in [-0.1, -0.05) is 6.07 Å². The number of piperidine rings is 1. The standard InChI is InChI=1S/C17H28N4O/c18-16-15(4-3-7-19-16)12-20-10-5-17(14-22,6-11-20)13-21-8-1-2-9-21/h3-4,7,22H,1-2,5-6,8-14H2,(H2,18,19). The van der Waals surface area contributed by atoms with Gasteiger partial charge < -0.3 is 15.7 Å². The molecule has 122 valence electrons. The van der Waals surface area contributed by atoms with E-state index in [1.54, 1.807) is 6.20 Å². The number of aromatic nitrogens is 1. The van der Waals surface area contributed by atoms with E-state index in [2.05, 4.69) is 20.9 Å². The molecule has 22 heavy (non-hydrogen) atoms. The summed E-state index contributed by atoms with van der Waals surface area (Å²) >= 11 is 0. The first kappa shape index (κ1) is 15.7. The highest BCUT2D eigenvalue weighted by Crippen LogP contribution is 2.33. The average molecular weight is 304 g/mol. The highest BCUT2D eigenvalue weighted by atomic mass is 16.3. The van der Waals surface area contributed by atoms with Gasteiger partial charge in [-0.3, -0.25) is 4.90 Å². The lowest BCUT2D eigenvalue weighted by atomic mass is 9.78. The van der Waals surface area contributed by atoms with E-state index in [0.29, 0.717) is 12.4 Å². The summed E-state index contributed by atoms with van der Waals surface area (Å²) in [6, 6.07) is 4.00. The first-order valence-corrected chi connectivity index (χ1v) is 8.46. The maximum Gasteiger partial charge on any atom is 0.127 e.